The average Bonchev–Trinajstić information content (AvgIpc) is 2.52. The average molecular weight is 378 g/mol. The smallest absolute Gasteiger partial charge is 0.262 e. The minimum Gasteiger partial charge on any atom is -0.493 e. The summed E-state index contributed by atoms with van der Waals surface area (Å²) >= 11 is 3.34. The first kappa shape index (κ1) is 17.0. The van der Waals surface area contributed by atoms with Crippen molar-refractivity contribution in [2.45, 2.75) is 6.92 Å². The van der Waals surface area contributed by atoms with Gasteiger partial charge in [0.25, 0.3) is 5.91 Å². The number of methoxy groups -OCH3 is 1. The molecule has 0 unspecified atom stereocenters. The highest BCUT2D eigenvalue weighted by molar-refractivity contribution is 9.10. The van der Waals surface area contributed by atoms with E-state index in [4.69, 9.17) is 9.47 Å². The molecule has 23 heavy (non-hydrogen) atoms. The van der Waals surface area contributed by atoms with Crippen LogP contribution in [0.15, 0.2) is 46.9 Å². The number of halogens is 1. The summed E-state index contributed by atoms with van der Waals surface area (Å²) < 4.78 is 11.5. The number of benzene rings is 2. The van der Waals surface area contributed by atoms with Gasteiger partial charge in [0.15, 0.2) is 23.9 Å². The maximum atomic E-state index is 11.9. The standard InChI is InChI=1S/C17H16BrNO4/c1-11(20)12-6-7-15(16(8-12)22-2)23-10-17(21)19-14-5-3-4-13(18)9-14/h3-9H,10H2,1-2H3,(H,19,21). The first-order valence-corrected chi connectivity index (χ1v) is 7.66. The second-order valence-electron chi connectivity index (χ2n) is 4.77. The third-order valence-corrected chi connectivity index (χ3v) is 3.53. The van der Waals surface area contributed by atoms with E-state index in [1.54, 1.807) is 30.3 Å². The summed E-state index contributed by atoms with van der Waals surface area (Å²) in [6.45, 7) is 1.31. The first-order chi connectivity index (χ1) is 11.0. The summed E-state index contributed by atoms with van der Waals surface area (Å²) in [5.74, 6) is 0.456. The van der Waals surface area contributed by atoms with Gasteiger partial charge in [-0.05, 0) is 43.3 Å². The lowest BCUT2D eigenvalue weighted by atomic mass is 10.1. The molecule has 0 saturated heterocycles. The summed E-state index contributed by atoms with van der Waals surface area (Å²) in [6, 6.07) is 12.1. The van der Waals surface area contributed by atoms with Gasteiger partial charge in [0, 0.05) is 15.7 Å². The quantitative estimate of drug-likeness (QED) is 0.779. The van der Waals surface area contributed by atoms with Crippen LogP contribution in [0.5, 0.6) is 11.5 Å². The van der Waals surface area contributed by atoms with Crippen molar-refractivity contribution < 1.29 is 19.1 Å². The molecule has 0 aliphatic heterocycles. The molecule has 0 heterocycles. The summed E-state index contributed by atoms with van der Waals surface area (Å²) in [7, 11) is 1.48. The minimum atomic E-state index is -0.291. The molecule has 5 nitrogen and oxygen atoms in total. The lowest BCUT2D eigenvalue weighted by molar-refractivity contribution is -0.118. The van der Waals surface area contributed by atoms with Crippen LogP contribution in [-0.4, -0.2) is 25.4 Å². The van der Waals surface area contributed by atoms with Crippen LogP contribution < -0.4 is 14.8 Å². The number of carbonyl (C=O) groups excluding carboxylic acids is 2. The number of ether oxygens (including phenoxy) is 2. The Hall–Kier alpha value is -2.34. The van der Waals surface area contributed by atoms with Gasteiger partial charge >= 0.3 is 0 Å². The van der Waals surface area contributed by atoms with Crippen LogP contribution in [0.25, 0.3) is 0 Å². The maximum absolute atomic E-state index is 11.9. The number of hydrogen-bond donors (Lipinski definition) is 1. The number of hydrogen-bond acceptors (Lipinski definition) is 4. The van der Waals surface area contributed by atoms with Crippen LogP contribution in [0.3, 0.4) is 0 Å². The molecule has 0 aliphatic carbocycles. The summed E-state index contributed by atoms with van der Waals surface area (Å²) in [5.41, 5.74) is 1.19. The summed E-state index contributed by atoms with van der Waals surface area (Å²) in [4.78, 5) is 23.3. The van der Waals surface area contributed by atoms with E-state index < -0.39 is 0 Å². The molecule has 0 aromatic heterocycles. The lowest BCUT2D eigenvalue weighted by Crippen LogP contribution is -2.20. The maximum Gasteiger partial charge on any atom is 0.262 e. The van der Waals surface area contributed by atoms with E-state index in [-0.39, 0.29) is 18.3 Å². The zero-order valence-electron chi connectivity index (χ0n) is 12.8. The Morgan fingerprint density at radius 3 is 2.57 bits per heavy atom. The van der Waals surface area contributed by atoms with E-state index in [2.05, 4.69) is 21.2 Å². The highest BCUT2D eigenvalue weighted by Gasteiger charge is 2.10. The molecule has 1 amide bonds. The number of ketones is 1. The van der Waals surface area contributed by atoms with Crippen molar-refractivity contribution >= 4 is 33.3 Å². The molecule has 0 aliphatic rings. The van der Waals surface area contributed by atoms with Crippen LogP contribution in [0.1, 0.15) is 17.3 Å². The van der Waals surface area contributed by atoms with Crippen molar-refractivity contribution in [2.24, 2.45) is 0 Å². The third kappa shape index (κ3) is 4.82. The number of Topliss-reactive ketones (excluding diaryl/α,β-unsaturated/α-hetero) is 1. The van der Waals surface area contributed by atoms with Gasteiger partial charge in [0.1, 0.15) is 0 Å². The van der Waals surface area contributed by atoms with E-state index in [0.29, 0.717) is 22.7 Å². The second kappa shape index (κ2) is 7.78. The molecule has 1 N–H and O–H groups in total. The van der Waals surface area contributed by atoms with Gasteiger partial charge in [-0.15, -0.1) is 0 Å². The monoisotopic (exact) mass is 377 g/mol. The normalized spacial score (nSPS) is 10.0. The van der Waals surface area contributed by atoms with Crippen LogP contribution in [-0.2, 0) is 4.79 Å². The van der Waals surface area contributed by atoms with Crippen molar-refractivity contribution in [1.29, 1.82) is 0 Å². The van der Waals surface area contributed by atoms with Crippen LogP contribution in [0.2, 0.25) is 0 Å². The number of rotatable bonds is 6. The Kier molecular flexibility index (Phi) is 5.76. The van der Waals surface area contributed by atoms with Gasteiger partial charge < -0.3 is 14.8 Å². The van der Waals surface area contributed by atoms with E-state index in [1.807, 2.05) is 12.1 Å². The first-order valence-electron chi connectivity index (χ1n) is 6.87. The van der Waals surface area contributed by atoms with Crippen molar-refractivity contribution in [3.8, 4) is 11.5 Å². The Morgan fingerprint density at radius 2 is 1.91 bits per heavy atom. The van der Waals surface area contributed by atoms with Crippen molar-refractivity contribution in [3.63, 3.8) is 0 Å². The Morgan fingerprint density at radius 1 is 1.13 bits per heavy atom. The van der Waals surface area contributed by atoms with Crippen LogP contribution in [0.4, 0.5) is 5.69 Å². The topological polar surface area (TPSA) is 64.6 Å². The van der Waals surface area contributed by atoms with Gasteiger partial charge in [-0.25, -0.2) is 0 Å². The van der Waals surface area contributed by atoms with Crippen molar-refractivity contribution in [2.75, 3.05) is 19.0 Å². The molecular formula is C17H16BrNO4. The molecule has 0 saturated carbocycles. The lowest BCUT2D eigenvalue weighted by Gasteiger charge is -2.11. The molecule has 2 aromatic carbocycles. The molecule has 6 heteroatoms. The van der Waals surface area contributed by atoms with E-state index in [0.717, 1.165) is 4.47 Å². The SMILES string of the molecule is COc1cc(C(C)=O)ccc1OCC(=O)Nc1cccc(Br)c1. The molecule has 0 spiro atoms. The molecule has 0 bridgehead atoms. The minimum absolute atomic E-state index is 0.0674. The van der Waals surface area contributed by atoms with E-state index in [1.165, 1.54) is 14.0 Å². The summed E-state index contributed by atoms with van der Waals surface area (Å²) in [6.07, 6.45) is 0. The predicted molar refractivity (Wildman–Crippen MR) is 91.3 cm³/mol. The Bertz CT molecular complexity index is 730. The predicted octanol–water partition coefficient (Wildman–Crippen LogP) is 3.68. The van der Waals surface area contributed by atoms with E-state index >= 15 is 0 Å². The zero-order chi connectivity index (χ0) is 16.8. The molecule has 2 aromatic rings. The highest BCUT2D eigenvalue weighted by atomic mass is 79.9. The number of carbonyl (C=O) groups is 2. The fourth-order valence-electron chi connectivity index (χ4n) is 1.91. The van der Waals surface area contributed by atoms with Crippen molar-refractivity contribution in [1.82, 2.24) is 0 Å². The Labute approximate surface area is 142 Å². The van der Waals surface area contributed by atoms with Crippen LogP contribution >= 0.6 is 15.9 Å². The third-order valence-electron chi connectivity index (χ3n) is 3.04. The molecule has 2 rings (SSSR count). The van der Waals surface area contributed by atoms with Gasteiger partial charge in [0.2, 0.25) is 0 Å². The Balaban J connectivity index is 2.00. The molecular weight excluding hydrogens is 362 g/mol. The number of anilines is 1. The fourth-order valence-corrected chi connectivity index (χ4v) is 2.31. The van der Waals surface area contributed by atoms with Crippen LogP contribution in [0, 0.1) is 0 Å². The van der Waals surface area contributed by atoms with Gasteiger partial charge in [-0.3, -0.25) is 9.59 Å². The van der Waals surface area contributed by atoms with Gasteiger partial charge in [-0.1, -0.05) is 22.0 Å². The number of nitrogens with one attached hydrogen (secondary N) is 1. The molecule has 0 atom stereocenters. The van der Waals surface area contributed by atoms with E-state index in [9.17, 15) is 9.59 Å². The number of amides is 1. The van der Waals surface area contributed by atoms with Crippen molar-refractivity contribution in [3.05, 3.63) is 52.5 Å². The molecule has 120 valence electrons. The molecule has 0 fully saturated rings. The highest BCUT2D eigenvalue weighted by Crippen LogP contribution is 2.28. The van der Waals surface area contributed by atoms with Gasteiger partial charge in [-0.2, -0.15) is 0 Å². The zero-order valence-corrected chi connectivity index (χ0v) is 14.3. The second-order valence-corrected chi connectivity index (χ2v) is 5.68. The largest absolute Gasteiger partial charge is 0.493 e. The molecule has 0 radical (unpaired) electrons. The fraction of sp³-hybridized carbons (Fsp3) is 0.176. The summed E-state index contributed by atoms with van der Waals surface area (Å²) in [5, 5.41) is 2.73. The van der Waals surface area contributed by atoms with Gasteiger partial charge in [0.05, 0.1) is 7.11 Å².